The van der Waals surface area contributed by atoms with Crippen molar-refractivity contribution in [3.63, 3.8) is 0 Å². The van der Waals surface area contributed by atoms with Crippen molar-refractivity contribution < 1.29 is 18.4 Å². The highest BCUT2D eigenvalue weighted by atomic mass is 32.2. The van der Waals surface area contributed by atoms with Gasteiger partial charge in [-0.15, -0.1) is 0 Å². The summed E-state index contributed by atoms with van der Waals surface area (Å²) in [6.07, 6.45) is 2.18. The molecule has 1 saturated heterocycles. The third kappa shape index (κ3) is 5.13. The van der Waals surface area contributed by atoms with Crippen molar-refractivity contribution in [2.75, 3.05) is 35.6 Å². The number of H-pyrrole nitrogens is 1. The Labute approximate surface area is 180 Å². The first-order chi connectivity index (χ1) is 15.0. The molecular weight excluding hydrogens is 430 g/mol. The van der Waals surface area contributed by atoms with Crippen LogP contribution in [0.4, 0.5) is 26.1 Å². The molecule has 0 spiro atoms. The number of pyridine rings is 1. The predicted octanol–water partition coefficient (Wildman–Crippen LogP) is 4.27. The molecule has 3 aromatic rings. The number of hydrogen-bond donors (Lipinski definition) is 2. The molecule has 1 fully saturated rings. The van der Waals surface area contributed by atoms with Crippen molar-refractivity contribution in [1.29, 1.82) is 0 Å². The molecule has 2 N–H and O–H groups in total. The first-order valence-electron chi connectivity index (χ1n) is 9.71. The van der Waals surface area contributed by atoms with Crippen molar-refractivity contribution in [3.05, 3.63) is 40.4 Å². The smallest absolute Gasteiger partial charge is 0.387 e. The van der Waals surface area contributed by atoms with Crippen LogP contribution in [0.2, 0.25) is 0 Å². The minimum absolute atomic E-state index is 0.0561. The van der Waals surface area contributed by atoms with Gasteiger partial charge in [0.2, 0.25) is 5.82 Å². The summed E-state index contributed by atoms with van der Waals surface area (Å²) in [6, 6.07) is 7.67. The number of fused-ring (bicyclic) bond motifs is 1. The van der Waals surface area contributed by atoms with Crippen molar-refractivity contribution >= 4 is 40.1 Å². The van der Waals surface area contributed by atoms with Gasteiger partial charge in [-0.3, -0.25) is 10.1 Å². The van der Waals surface area contributed by atoms with Crippen LogP contribution >= 0.6 is 11.8 Å². The van der Waals surface area contributed by atoms with E-state index >= 15 is 0 Å². The molecule has 1 aliphatic heterocycles. The number of hydrogen-bond acceptors (Lipinski definition) is 8. The van der Waals surface area contributed by atoms with E-state index in [1.807, 2.05) is 0 Å². The quantitative estimate of drug-likeness (QED) is 0.215. The number of benzene rings is 1. The first-order valence-corrected chi connectivity index (χ1v) is 10.7. The molecule has 9 nitrogen and oxygen atoms in total. The molecule has 0 amide bonds. The molecule has 0 saturated carbocycles. The summed E-state index contributed by atoms with van der Waals surface area (Å²) in [6.45, 7) is -0.660. The highest BCUT2D eigenvalue weighted by molar-refractivity contribution is 7.99. The summed E-state index contributed by atoms with van der Waals surface area (Å²) < 4.78 is 29.1. The van der Waals surface area contributed by atoms with Gasteiger partial charge >= 0.3 is 12.3 Å². The third-order valence-corrected chi connectivity index (χ3v) is 5.65. The molecule has 164 valence electrons. The van der Waals surface area contributed by atoms with Gasteiger partial charge in [-0.2, -0.15) is 8.78 Å². The van der Waals surface area contributed by atoms with E-state index in [1.54, 1.807) is 12.1 Å². The largest absolute Gasteiger partial charge is 0.435 e. The molecule has 0 aliphatic carbocycles. The Bertz CT molecular complexity index is 1070. The van der Waals surface area contributed by atoms with Gasteiger partial charge in [0.1, 0.15) is 11.6 Å². The lowest BCUT2D eigenvalue weighted by Crippen LogP contribution is -2.20. The lowest BCUT2D eigenvalue weighted by molar-refractivity contribution is -0.384. The van der Waals surface area contributed by atoms with E-state index in [0.717, 1.165) is 31.7 Å². The van der Waals surface area contributed by atoms with Crippen molar-refractivity contribution in [3.8, 4) is 5.75 Å². The normalized spacial score (nSPS) is 13.8. The molecule has 0 radical (unpaired) electrons. The van der Waals surface area contributed by atoms with Gasteiger partial charge < -0.3 is 19.9 Å². The van der Waals surface area contributed by atoms with E-state index in [-0.39, 0.29) is 17.3 Å². The van der Waals surface area contributed by atoms with E-state index in [4.69, 9.17) is 0 Å². The second-order valence-corrected chi connectivity index (χ2v) is 7.95. The average Bonchev–Trinajstić information content (AvgIpc) is 3.40. The summed E-state index contributed by atoms with van der Waals surface area (Å²) >= 11 is 1.40. The lowest BCUT2D eigenvalue weighted by atomic mass is 10.3. The van der Waals surface area contributed by atoms with Crippen LogP contribution in [0.15, 0.2) is 35.5 Å². The second kappa shape index (κ2) is 9.33. The van der Waals surface area contributed by atoms with Gasteiger partial charge in [0.05, 0.1) is 16.0 Å². The third-order valence-electron chi connectivity index (χ3n) is 4.78. The average molecular weight is 450 g/mol. The summed E-state index contributed by atoms with van der Waals surface area (Å²) in [7, 11) is 0. The van der Waals surface area contributed by atoms with Gasteiger partial charge in [0.15, 0.2) is 5.16 Å². The summed E-state index contributed by atoms with van der Waals surface area (Å²) in [5.41, 5.74) is 1.15. The number of rotatable bonds is 9. The van der Waals surface area contributed by atoms with Crippen LogP contribution in [0.25, 0.3) is 11.0 Å². The Morgan fingerprint density at radius 2 is 2.06 bits per heavy atom. The zero-order chi connectivity index (χ0) is 21.8. The highest BCUT2D eigenvalue weighted by Gasteiger charge is 2.20. The fourth-order valence-electron chi connectivity index (χ4n) is 3.37. The van der Waals surface area contributed by atoms with Crippen LogP contribution in [0, 0.1) is 10.1 Å². The number of nitro groups is 1. The number of alkyl halides is 2. The topological polar surface area (TPSA) is 109 Å². The van der Waals surface area contributed by atoms with Crippen LogP contribution in [-0.4, -0.2) is 51.9 Å². The molecule has 2 aromatic heterocycles. The van der Waals surface area contributed by atoms with Gasteiger partial charge in [0.25, 0.3) is 0 Å². The molecule has 0 atom stereocenters. The zero-order valence-corrected chi connectivity index (χ0v) is 17.2. The maximum Gasteiger partial charge on any atom is 0.387 e. The molecule has 4 rings (SSSR count). The van der Waals surface area contributed by atoms with Crippen LogP contribution in [0.1, 0.15) is 12.8 Å². The number of thioether (sulfide) groups is 1. The van der Waals surface area contributed by atoms with Crippen LogP contribution in [0.5, 0.6) is 5.75 Å². The number of nitrogens with zero attached hydrogens (tertiary/aromatic N) is 4. The van der Waals surface area contributed by atoms with Gasteiger partial charge in [-0.05, 0) is 31.0 Å². The van der Waals surface area contributed by atoms with E-state index in [9.17, 15) is 18.9 Å². The molecule has 0 bridgehead atoms. The number of nitrogens with one attached hydrogen (secondary N) is 2. The molecule has 3 heterocycles. The number of aromatic nitrogens is 3. The van der Waals surface area contributed by atoms with E-state index in [0.29, 0.717) is 28.5 Å². The maximum absolute atomic E-state index is 12.4. The Kier molecular flexibility index (Phi) is 6.35. The summed E-state index contributed by atoms with van der Waals surface area (Å²) in [5.74, 6) is 1.60. The maximum atomic E-state index is 12.4. The number of imidazole rings is 1. The molecule has 1 aliphatic rings. The van der Waals surface area contributed by atoms with Gasteiger partial charge in [-0.25, -0.2) is 9.97 Å². The number of halogens is 2. The van der Waals surface area contributed by atoms with Crippen molar-refractivity contribution in [2.45, 2.75) is 24.6 Å². The predicted molar refractivity (Wildman–Crippen MR) is 114 cm³/mol. The molecule has 1 aromatic carbocycles. The fraction of sp³-hybridized carbons (Fsp3) is 0.368. The zero-order valence-electron chi connectivity index (χ0n) is 16.4. The number of anilines is 2. The minimum atomic E-state index is -2.89. The van der Waals surface area contributed by atoms with Crippen molar-refractivity contribution in [1.82, 2.24) is 15.0 Å². The molecule has 0 unspecified atom stereocenters. The minimum Gasteiger partial charge on any atom is -0.435 e. The first kappa shape index (κ1) is 21.1. The summed E-state index contributed by atoms with van der Waals surface area (Å²) in [4.78, 5) is 24.9. The number of aromatic amines is 1. The Morgan fingerprint density at radius 1 is 1.26 bits per heavy atom. The second-order valence-electron chi connectivity index (χ2n) is 6.86. The van der Waals surface area contributed by atoms with Gasteiger partial charge in [0, 0.05) is 37.5 Å². The monoisotopic (exact) mass is 450 g/mol. The molecular formula is C19H20F2N6O3S. The Hall–Kier alpha value is -3.15. The number of ether oxygens (including phenoxy) is 1. The van der Waals surface area contributed by atoms with E-state index < -0.39 is 11.5 Å². The van der Waals surface area contributed by atoms with Crippen LogP contribution in [0.3, 0.4) is 0 Å². The summed E-state index contributed by atoms with van der Waals surface area (Å²) in [5, 5.41) is 15.0. The van der Waals surface area contributed by atoms with E-state index in [2.05, 4.69) is 29.9 Å². The Balaban J connectivity index is 1.37. The van der Waals surface area contributed by atoms with Crippen LogP contribution < -0.4 is 15.0 Å². The lowest BCUT2D eigenvalue weighted by Gasteiger charge is -2.17. The SMILES string of the molecule is O=[N+]([O-])c1ccc(N2CCCC2)nc1NCCSc1nc2ccc(OC(F)F)cc2[nH]1. The van der Waals surface area contributed by atoms with Crippen LogP contribution in [-0.2, 0) is 0 Å². The molecule has 31 heavy (non-hydrogen) atoms. The van der Waals surface area contributed by atoms with Crippen molar-refractivity contribution in [2.24, 2.45) is 0 Å². The van der Waals surface area contributed by atoms with Gasteiger partial charge in [-0.1, -0.05) is 11.8 Å². The molecule has 12 heteroatoms. The Morgan fingerprint density at radius 3 is 2.81 bits per heavy atom. The highest BCUT2D eigenvalue weighted by Crippen LogP contribution is 2.28. The fourth-order valence-corrected chi connectivity index (χ4v) is 4.11. The van der Waals surface area contributed by atoms with E-state index in [1.165, 1.54) is 30.0 Å². The standard InChI is InChI=1S/C19H20F2N6O3S/c20-18(21)30-12-3-4-13-14(11-12)24-19(23-13)31-10-7-22-17-15(27(28)29)5-6-16(25-17)26-8-1-2-9-26/h3-6,11,18H,1-2,7-10H2,(H,22,25)(H,23,24).